The van der Waals surface area contributed by atoms with E-state index in [0.29, 0.717) is 0 Å². The van der Waals surface area contributed by atoms with Crippen molar-refractivity contribution in [3.05, 3.63) is 65.7 Å². The van der Waals surface area contributed by atoms with Crippen molar-refractivity contribution in [2.24, 2.45) is 0 Å². The van der Waals surface area contributed by atoms with E-state index in [0.717, 1.165) is 0 Å². The van der Waals surface area contributed by atoms with Crippen LogP contribution in [0.15, 0.2) is 54.6 Å². The molecule has 0 radical (unpaired) electrons. The van der Waals surface area contributed by atoms with E-state index >= 15 is 0 Å². The van der Waals surface area contributed by atoms with Crippen molar-refractivity contribution in [2.75, 3.05) is 19.0 Å². The Morgan fingerprint density at radius 3 is 1.89 bits per heavy atom. The summed E-state index contributed by atoms with van der Waals surface area (Å²) in [6.45, 7) is 2.16. The third-order valence-electron chi connectivity index (χ3n) is 3.41. The lowest BCUT2D eigenvalue weighted by molar-refractivity contribution is 0.845. The van der Waals surface area contributed by atoms with E-state index in [4.69, 9.17) is 10.7 Å². The molecule has 0 bridgehead atoms. The molecule has 2 rings (SSSR count). The normalized spacial score (nSPS) is 13.9. The molecule has 3 heteroatoms. The maximum absolute atomic E-state index is 6.19. The summed E-state index contributed by atoms with van der Waals surface area (Å²) in [4.78, 5) is 2.09. The second-order valence-corrected chi connectivity index (χ2v) is 6.35. The van der Waals surface area contributed by atoms with Gasteiger partial charge in [-0.15, -0.1) is 0 Å². The SMILES string of the molecule is CN(C)c1ccc(C(C)(SCl)c2ccccc2)cc1. The number of hydrogen-bond donors (Lipinski definition) is 0. The van der Waals surface area contributed by atoms with E-state index in [1.807, 2.05) is 20.2 Å². The lowest BCUT2D eigenvalue weighted by atomic mass is 9.92. The maximum atomic E-state index is 6.19. The first kappa shape index (κ1) is 14.3. The van der Waals surface area contributed by atoms with Crippen LogP contribution in [0.4, 0.5) is 5.69 Å². The van der Waals surface area contributed by atoms with Gasteiger partial charge in [0.05, 0.1) is 4.75 Å². The zero-order valence-electron chi connectivity index (χ0n) is 11.4. The van der Waals surface area contributed by atoms with E-state index in [1.165, 1.54) is 27.8 Å². The molecule has 0 saturated carbocycles. The van der Waals surface area contributed by atoms with Crippen LogP contribution in [0, 0.1) is 0 Å². The zero-order valence-corrected chi connectivity index (χ0v) is 13.0. The van der Waals surface area contributed by atoms with Crippen molar-refractivity contribution in [2.45, 2.75) is 11.7 Å². The van der Waals surface area contributed by atoms with Gasteiger partial charge in [0.2, 0.25) is 0 Å². The highest BCUT2D eigenvalue weighted by atomic mass is 35.7. The Bertz CT molecular complexity index is 524. The third kappa shape index (κ3) is 2.90. The number of hydrogen-bond acceptors (Lipinski definition) is 2. The van der Waals surface area contributed by atoms with Gasteiger partial charge in [0.25, 0.3) is 0 Å². The summed E-state index contributed by atoms with van der Waals surface area (Å²) < 4.78 is -0.229. The molecule has 1 nitrogen and oxygen atoms in total. The number of anilines is 1. The summed E-state index contributed by atoms with van der Waals surface area (Å²) in [5, 5.41) is 0. The first-order chi connectivity index (χ1) is 9.08. The first-order valence-electron chi connectivity index (χ1n) is 6.21. The van der Waals surface area contributed by atoms with E-state index in [9.17, 15) is 0 Å². The monoisotopic (exact) mass is 291 g/mol. The molecule has 1 atom stereocenters. The second-order valence-electron chi connectivity index (χ2n) is 4.92. The number of benzene rings is 2. The van der Waals surface area contributed by atoms with Crippen LogP contribution in [-0.2, 0) is 4.75 Å². The fourth-order valence-corrected chi connectivity index (χ4v) is 3.07. The van der Waals surface area contributed by atoms with Crippen LogP contribution >= 0.6 is 21.7 Å². The smallest absolute Gasteiger partial charge is 0.0780 e. The Labute approximate surface area is 124 Å². The molecule has 0 spiro atoms. The summed E-state index contributed by atoms with van der Waals surface area (Å²) in [6.07, 6.45) is 0. The van der Waals surface area contributed by atoms with Crippen LogP contribution in [0.25, 0.3) is 0 Å². The van der Waals surface area contributed by atoms with Gasteiger partial charge in [-0.25, -0.2) is 0 Å². The summed E-state index contributed by atoms with van der Waals surface area (Å²) in [5.74, 6) is 0. The van der Waals surface area contributed by atoms with Gasteiger partial charge in [-0.3, -0.25) is 0 Å². The summed E-state index contributed by atoms with van der Waals surface area (Å²) in [6, 6.07) is 18.9. The van der Waals surface area contributed by atoms with Gasteiger partial charge in [0.1, 0.15) is 0 Å². The van der Waals surface area contributed by atoms with Crippen LogP contribution in [0.5, 0.6) is 0 Å². The van der Waals surface area contributed by atoms with Crippen LogP contribution < -0.4 is 4.90 Å². The molecule has 0 saturated heterocycles. The average Bonchev–Trinajstić information content (AvgIpc) is 2.47. The quantitative estimate of drug-likeness (QED) is 0.788. The summed E-state index contributed by atoms with van der Waals surface area (Å²) in [5.41, 5.74) is 3.62. The van der Waals surface area contributed by atoms with Crippen LogP contribution in [0.3, 0.4) is 0 Å². The number of rotatable bonds is 4. The summed E-state index contributed by atoms with van der Waals surface area (Å²) in [7, 11) is 11.6. The first-order valence-corrected chi connectivity index (χ1v) is 7.85. The van der Waals surface area contributed by atoms with E-state index in [1.54, 1.807) is 0 Å². The standard InChI is InChI=1S/C16H18ClNS/c1-16(19-17,13-7-5-4-6-8-13)14-9-11-15(12-10-14)18(2)3/h4-12H,1-3H3. The molecule has 0 aliphatic heterocycles. The Kier molecular flexibility index (Phi) is 4.43. The van der Waals surface area contributed by atoms with E-state index in [2.05, 4.69) is 60.4 Å². The van der Waals surface area contributed by atoms with E-state index < -0.39 is 0 Å². The molecule has 0 aromatic heterocycles. The maximum Gasteiger partial charge on any atom is 0.0780 e. The number of nitrogens with zero attached hydrogens (tertiary/aromatic N) is 1. The molecule has 0 fully saturated rings. The summed E-state index contributed by atoms with van der Waals surface area (Å²) >= 11 is 0. The fourth-order valence-electron chi connectivity index (χ4n) is 2.09. The molecule has 0 N–H and O–H groups in total. The lowest BCUT2D eigenvalue weighted by Gasteiger charge is -2.27. The molecule has 0 aliphatic carbocycles. The van der Waals surface area contributed by atoms with Crippen molar-refractivity contribution in [1.29, 1.82) is 0 Å². The fraction of sp³-hybridized carbons (Fsp3) is 0.250. The molecular weight excluding hydrogens is 274 g/mol. The van der Waals surface area contributed by atoms with Crippen LogP contribution in [0.2, 0.25) is 0 Å². The molecule has 2 aromatic rings. The second kappa shape index (κ2) is 5.89. The van der Waals surface area contributed by atoms with Crippen LogP contribution in [-0.4, -0.2) is 14.1 Å². The van der Waals surface area contributed by atoms with Crippen molar-refractivity contribution >= 4 is 27.3 Å². The largest absolute Gasteiger partial charge is 0.378 e. The molecule has 2 aromatic carbocycles. The molecule has 0 aliphatic rings. The lowest BCUT2D eigenvalue weighted by Crippen LogP contribution is -2.18. The van der Waals surface area contributed by atoms with Gasteiger partial charge in [-0.1, -0.05) is 42.5 Å². The van der Waals surface area contributed by atoms with Gasteiger partial charge in [0, 0.05) is 19.8 Å². The predicted octanol–water partition coefficient (Wildman–Crippen LogP) is 4.90. The van der Waals surface area contributed by atoms with Crippen molar-refractivity contribution in [1.82, 2.24) is 0 Å². The Hall–Kier alpha value is -1.12. The van der Waals surface area contributed by atoms with Crippen molar-refractivity contribution < 1.29 is 0 Å². The van der Waals surface area contributed by atoms with Gasteiger partial charge >= 0.3 is 0 Å². The Morgan fingerprint density at radius 1 is 0.895 bits per heavy atom. The Balaban J connectivity index is 2.41. The minimum Gasteiger partial charge on any atom is -0.378 e. The highest BCUT2D eigenvalue weighted by molar-refractivity contribution is 8.21. The van der Waals surface area contributed by atoms with Gasteiger partial charge in [-0.2, -0.15) is 0 Å². The zero-order chi connectivity index (χ0) is 13.9. The highest BCUT2D eigenvalue weighted by Gasteiger charge is 2.29. The molecule has 100 valence electrons. The minimum absolute atomic E-state index is 0.229. The molecule has 19 heavy (non-hydrogen) atoms. The van der Waals surface area contributed by atoms with Crippen molar-refractivity contribution in [3.63, 3.8) is 0 Å². The van der Waals surface area contributed by atoms with Gasteiger partial charge in [-0.05, 0) is 51.8 Å². The molecule has 1 unspecified atom stereocenters. The van der Waals surface area contributed by atoms with Crippen molar-refractivity contribution in [3.8, 4) is 0 Å². The highest BCUT2D eigenvalue weighted by Crippen LogP contribution is 2.44. The van der Waals surface area contributed by atoms with Gasteiger partial charge in [0.15, 0.2) is 0 Å². The number of halogens is 1. The molecular formula is C16H18ClNS. The topological polar surface area (TPSA) is 3.24 Å². The minimum atomic E-state index is -0.229. The average molecular weight is 292 g/mol. The third-order valence-corrected chi connectivity index (χ3v) is 5.12. The van der Waals surface area contributed by atoms with E-state index in [-0.39, 0.29) is 4.75 Å². The Morgan fingerprint density at radius 2 is 1.42 bits per heavy atom. The van der Waals surface area contributed by atoms with Gasteiger partial charge < -0.3 is 4.90 Å². The van der Waals surface area contributed by atoms with Crippen LogP contribution in [0.1, 0.15) is 18.1 Å². The molecule has 0 amide bonds. The molecule has 0 heterocycles. The predicted molar refractivity (Wildman–Crippen MR) is 87.1 cm³/mol.